The predicted octanol–water partition coefficient (Wildman–Crippen LogP) is 0.457. The number of carbonyl (C=O) groups excluding carboxylic acids is 2. The van der Waals surface area contributed by atoms with E-state index >= 15 is 0 Å². The van der Waals surface area contributed by atoms with Crippen molar-refractivity contribution in [1.29, 1.82) is 0 Å². The topological polar surface area (TPSA) is 80.3 Å². The van der Waals surface area contributed by atoms with Gasteiger partial charge < -0.3 is 10.2 Å². The van der Waals surface area contributed by atoms with Crippen molar-refractivity contribution in [2.75, 3.05) is 0 Å². The van der Waals surface area contributed by atoms with Gasteiger partial charge in [-0.25, -0.2) is 0 Å². The van der Waals surface area contributed by atoms with E-state index in [2.05, 4.69) is 0 Å². The Morgan fingerprint density at radius 1 is 0.882 bits per heavy atom. The Bertz CT molecular complexity index is 263. The van der Waals surface area contributed by atoms with Crippen LogP contribution in [0.3, 0.4) is 0 Å². The van der Waals surface area contributed by atoms with Gasteiger partial charge in [-0.05, 0) is 38.8 Å². The Morgan fingerprint density at radius 3 is 1.18 bits per heavy atom. The average molecular weight is 290 g/mol. The van der Waals surface area contributed by atoms with E-state index in [1.165, 1.54) is 13.8 Å². The van der Waals surface area contributed by atoms with Crippen molar-refractivity contribution in [3.8, 4) is 0 Å². The molecule has 4 nitrogen and oxygen atoms in total. The second-order valence-electron chi connectivity index (χ2n) is 3.15. The maximum Gasteiger partial charge on any atom is 2.00 e. The van der Waals surface area contributed by atoms with Crippen molar-refractivity contribution in [1.82, 2.24) is 0 Å². The van der Waals surface area contributed by atoms with E-state index in [1.807, 2.05) is 0 Å². The predicted molar refractivity (Wildman–Crippen MR) is 58.1 cm³/mol. The van der Waals surface area contributed by atoms with Crippen LogP contribution < -0.4 is 10.2 Å². The van der Waals surface area contributed by atoms with Gasteiger partial charge in [0.05, 0.1) is 0 Å². The molecule has 0 bridgehead atoms. The zero-order chi connectivity index (χ0) is 13.1. The van der Waals surface area contributed by atoms with E-state index in [0.717, 1.165) is 12.2 Å². The van der Waals surface area contributed by atoms with E-state index in [9.17, 15) is 19.8 Å². The second kappa shape index (κ2) is 13.0. The molecule has 1 radical (unpaired) electrons. The minimum atomic E-state index is -0.170. The molecule has 0 heterocycles. The van der Waals surface area contributed by atoms with Crippen LogP contribution in [0.25, 0.3) is 0 Å². The summed E-state index contributed by atoms with van der Waals surface area (Å²) in [5.41, 5.74) is 0. The van der Waals surface area contributed by atoms with Crippen molar-refractivity contribution < 1.29 is 36.9 Å². The summed E-state index contributed by atoms with van der Waals surface area (Å²) in [5, 5.41) is 20.7. The molecule has 0 N–H and O–H groups in total. The van der Waals surface area contributed by atoms with E-state index in [1.54, 1.807) is 13.8 Å². The summed E-state index contributed by atoms with van der Waals surface area (Å²) in [4.78, 5) is 20.3. The molecule has 0 aromatic rings. The van der Waals surface area contributed by atoms with E-state index in [4.69, 9.17) is 0 Å². The third-order valence-electron chi connectivity index (χ3n) is 1.43. The summed E-state index contributed by atoms with van der Waals surface area (Å²) in [5.74, 6) is -0.538. The van der Waals surface area contributed by atoms with Crippen molar-refractivity contribution in [2.24, 2.45) is 0 Å². The molecule has 0 amide bonds. The van der Waals surface area contributed by atoms with Crippen molar-refractivity contribution >= 4 is 11.6 Å². The van der Waals surface area contributed by atoms with Crippen LogP contribution in [0.2, 0.25) is 0 Å². The smallest absolute Gasteiger partial charge is 0.875 e. The summed E-state index contributed by atoms with van der Waals surface area (Å²) >= 11 is 0. The Kier molecular flexibility index (Phi) is 16.3. The summed E-state index contributed by atoms with van der Waals surface area (Å²) in [6.45, 7) is 6.19. The van der Waals surface area contributed by atoms with Crippen LogP contribution in [-0.2, 0) is 26.7 Å². The van der Waals surface area contributed by atoms with E-state index in [0.29, 0.717) is 12.8 Å². The average Bonchev–Trinajstić information content (AvgIpc) is 2.16. The zero-order valence-corrected chi connectivity index (χ0v) is 11.4. The molecule has 0 rings (SSSR count). The molecular weight excluding hydrogens is 272 g/mol. The van der Waals surface area contributed by atoms with E-state index < -0.39 is 0 Å². The van der Waals surface area contributed by atoms with Gasteiger partial charge in [-0.1, -0.05) is 13.8 Å². The molecule has 0 aliphatic heterocycles. The fourth-order valence-electron chi connectivity index (χ4n) is 0.658. The number of rotatable bonds is 4. The summed E-state index contributed by atoms with van der Waals surface area (Å²) in [6.07, 6.45) is 3.05. The number of ketones is 2. The molecule has 0 fully saturated rings. The molecule has 0 aromatic carbocycles. The fraction of sp³-hybridized carbons (Fsp3) is 0.500. The second-order valence-corrected chi connectivity index (χ2v) is 3.15. The first-order chi connectivity index (χ1) is 7.33. The van der Waals surface area contributed by atoms with Crippen LogP contribution in [0, 0.1) is 0 Å². The normalized spacial score (nSPS) is 10.8. The van der Waals surface area contributed by atoms with Crippen molar-refractivity contribution in [3.63, 3.8) is 0 Å². The standard InChI is InChI=1S/2C6H10O2.Cu/c2*1-3-6(8)4-5(2)7;/h2*4,8H,3H2,1-2H3;/q;;+2/p-2. The number of hydrogen-bond acceptors (Lipinski definition) is 4. The summed E-state index contributed by atoms with van der Waals surface area (Å²) < 4.78 is 0. The van der Waals surface area contributed by atoms with Crippen molar-refractivity contribution in [3.05, 3.63) is 23.7 Å². The van der Waals surface area contributed by atoms with Crippen LogP contribution >= 0.6 is 0 Å². The van der Waals surface area contributed by atoms with Crippen LogP contribution in [0.4, 0.5) is 0 Å². The van der Waals surface area contributed by atoms with Gasteiger partial charge >= 0.3 is 17.1 Å². The fourth-order valence-corrected chi connectivity index (χ4v) is 0.658. The molecule has 0 spiro atoms. The quantitative estimate of drug-likeness (QED) is 0.428. The summed E-state index contributed by atoms with van der Waals surface area (Å²) in [6, 6.07) is 0. The Hall–Kier alpha value is -1.06. The molecule has 0 aliphatic rings. The van der Waals surface area contributed by atoms with Gasteiger partial charge in [0, 0.05) is 0 Å². The maximum absolute atomic E-state index is 10.3. The molecule has 101 valence electrons. The maximum atomic E-state index is 10.3. The van der Waals surface area contributed by atoms with Gasteiger partial charge in [0.2, 0.25) is 0 Å². The van der Waals surface area contributed by atoms with Crippen LogP contribution in [0.1, 0.15) is 40.5 Å². The van der Waals surface area contributed by atoms with Gasteiger partial charge in [-0.15, -0.1) is 11.5 Å². The first-order valence-corrected chi connectivity index (χ1v) is 5.09. The number of allylic oxidation sites excluding steroid dienone is 4. The molecular formula is C12H18CuO4. The van der Waals surface area contributed by atoms with Gasteiger partial charge in [0.25, 0.3) is 0 Å². The van der Waals surface area contributed by atoms with Gasteiger partial charge in [0.15, 0.2) is 11.6 Å². The third kappa shape index (κ3) is 20.9. The Labute approximate surface area is 113 Å². The van der Waals surface area contributed by atoms with Gasteiger partial charge in [-0.2, -0.15) is 0 Å². The molecule has 0 saturated heterocycles. The first-order valence-electron chi connectivity index (χ1n) is 5.09. The van der Waals surface area contributed by atoms with Crippen molar-refractivity contribution in [2.45, 2.75) is 40.5 Å². The Balaban J connectivity index is -0.000000218. The number of carbonyl (C=O) groups is 2. The first kappa shape index (κ1) is 21.2. The Morgan fingerprint density at radius 2 is 1.12 bits per heavy atom. The van der Waals surface area contributed by atoms with Gasteiger partial charge in [0.1, 0.15) is 0 Å². The van der Waals surface area contributed by atoms with E-state index in [-0.39, 0.29) is 40.2 Å². The minimum absolute atomic E-state index is 0. The molecule has 0 saturated carbocycles. The van der Waals surface area contributed by atoms with Gasteiger partial charge in [-0.3, -0.25) is 9.59 Å². The third-order valence-corrected chi connectivity index (χ3v) is 1.43. The molecule has 0 aliphatic carbocycles. The zero-order valence-electron chi connectivity index (χ0n) is 10.5. The molecule has 0 atom stereocenters. The monoisotopic (exact) mass is 289 g/mol. The largest absolute Gasteiger partial charge is 2.00 e. The summed E-state index contributed by atoms with van der Waals surface area (Å²) in [7, 11) is 0. The molecule has 0 unspecified atom stereocenters. The SMILES string of the molecule is CCC([O-])=CC(C)=O.CCC([O-])=CC(C)=O.[Cu+2]. The van der Waals surface area contributed by atoms with Crippen LogP contribution in [0.5, 0.6) is 0 Å². The molecule has 0 aromatic heterocycles. The number of hydrogen-bond donors (Lipinski definition) is 0. The molecule has 17 heavy (non-hydrogen) atoms. The van der Waals surface area contributed by atoms with Crippen LogP contribution in [0.15, 0.2) is 23.7 Å². The van der Waals surface area contributed by atoms with Crippen LogP contribution in [-0.4, -0.2) is 11.6 Å². The minimum Gasteiger partial charge on any atom is -0.875 e. The molecule has 5 heteroatoms.